The molecule has 2 amide bonds. The molecule has 0 heterocycles. The lowest BCUT2D eigenvalue weighted by molar-refractivity contribution is -0.127. The number of halogens is 1. The summed E-state index contributed by atoms with van der Waals surface area (Å²) in [4.78, 5) is 23.9. The van der Waals surface area contributed by atoms with E-state index in [1.54, 1.807) is 30.3 Å². The first-order valence-electron chi connectivity index (χ1n) is 7.23. The van der Waals surface area contributed by atoms with Gasteiger partial charge in [0.1, 0.15) is 17.4 Å². The van der Waals surface area contributed by atoms with E-state index in [2.05, 4.69) is 10.6 Å². The third kappa shape index (κ3) is 5.37. The Morgan fingerprint density at radius 3 is 2.60 bits per heavy atom. The van der Waals surface area contributed by atoms with Crippen LogP contribution in [-0.2, 0) is 16.0 Å². The molecule has 0 atom stereocenters. The molecule has 3 N–H and O–H groups in total. The third-order valence-corrected chi connectivity index (χ3v) is 3.39. The number of phenolic OH excluding ortho intramolecular Hbond substituents is 1. The van der Waals surface area contributed by atoms with Crippen LogP contribution in [0.1, 0.15) is 5.56 Å². The number of anilines is 1. The summed E-state index contributed by atoms with van der Waals surface area (Å²) in [5, 5.41) is 23.9. The zero-order valence-corrected chi connectivity index (χ0v) is 13.7. The van der Waals surface area contributed by atoms with Gasteiger partial charge in [-0.2, -0.15) is 5.26 Å². The molecule has 0 aliphatic carbocycles. The van der Waals surface area contributed by atoms with Gasteiger partial charge in [-0.1, -0.05) is 41.9 Å². The number of hydrogen-bond donors (Lipinski definition) is 3. The fourth-order valence-electron chi connectivity index (χ4n) is 1.94. The molecule has 0 saturated heterocycles. The average Bonchev–Trinajstić information content (AvgIpc) is 2.59. The van der Waals surface area contributed by atoms with Gasteiger partial charge in [-0.3, -0.25) is 14.9 Å². The Hall–Kier alpha value is -3.30. The van der Waals surface area contributed by atoms with Crippen molar-refractivity contribution in [2.24, 2.45) is 0 Å². The number of phenols is 1. The van der Waals surface area contributed by atoms with Crippen LogP contribution in [0.2, 0.25) is 5.02 Å². The second kappa shape index (κ2) is 8.52. The van der Waals surface area contributed by atoms with E-state index in [1.165, 1.54) is 18.2 Å². The van der Waals surface area contributed by atoms with Crippen LogP contribution in [-0.4, -0.2) is 16.9 Å². The van der Waals surface area contributed by atoms with Crippen LogP contribution in [0.25, 0.3) is 0 Å². The van der Waals surface area contributed by atoms with Crippen LogP contribution >= 0.6 is 11.6 Å². The molecule has 0 unspecified atom stereocenters. The third-order valence-electron chi connectivity index (χ3n) is 3.16. The molecule has 2 rings (SSSR count). The summed E-state index contributed by atoms with van der Waals surface area (Å²) in [5.41, 5.74) is 0.654. The highest BCUT2D eigenvalue weighted by Crippen LogP contribution is 2.26. The minimum Gasteiger partial charge on any atom is -0.506 e. The fraction of sp³-hybridized carbons (Fsp3) is 0.0556. The Kier molecular flexibility index (Phi) is 6.15. The van der Waals surface area contributed by atoms with Gasteiger partial charge in [0.05, 0.1) is 12.1 Å². The van der Waals surface area contributed by atoms with Crippen LogP contribution in [0, 0.1) is 11.3 Å². The highest BCUT2D eigenvalue weighted by molar-refractivity contribution is 6.30. The number of rotatable bonds is 5. The van der Waals surface area contributed by atoms with E-state index in [9.17, 15) is 14.7 Å². The van der Waals surface area contributed by atoms with Crippen LogP contribution in [0.3, 0.4) is 0 Å². The SMILES string of the molecule is N#C/C(=C\Nc1cc(Cl)ccc1O)C(=O)NC(=O)Cc1ccccc1. The molecule has 25 heavy (non-hydrogen) atoms. The predicted molar refractivity (Wildman–Crippen MR) is 93.7 cm³/mol. The molecular weight excluding hydrogens is 342 g/mol. The van der Waals surface area contributed by atoms with E-state index in [-0.39, 0.29) is 23.4 Å². The van der Waals surface area contributed by atoms with Gasteiger partial charge in [-0.05, 0) is 23.8 Å². The Balaban J connectivity index is 2.01. The molecule has 0 aliphatic heterocycles. The summed E-state index contributed by atoms with van der Waals surface area (Å²) in [5.74, 6) is -1.46. The van der Waals surface area contributed by atoms with E-state index >= 15 is 0 Å². The summed E-state index contributed by atoms with van der Waals surface area (Å²) in [6, 6.07) is 14.9. The van der Waals surface area contributed by atoms with Gasteiger partial charge < -0.3 is 10.4 Å². The average molecular weight is 356 g/mol. The summed E-state index contributed by atoms with van der Waals surface area (Å²) in [7, 11) is 0. The number of nitrogens with one attached hydrogen (secondary N) is 2. The number of imide groups is 1. The van der Waals surface area contributed by atoms with Crippen molar-refractivity contribution in [1.29, 1.82) is 5.26 Å². The number of carbonyl (C=O) groups is 2. The van der Waals surface area contributed by atoms with Crippen molar-refractivity contribution in [1.82, 2.24) is 5.32 Å². The largest absolute Gasteiger partial charge is 0.506 e. The summed E-state index contributed by atoms with van der Waals surface area (Å²) < 4.78 is 0. The number of amides is 2. The van der Waals surface area contributed by atoms with Gasteiger partial charge in [0.25, 0.3) is 5.91 Å². The number of nitriles is 1. The molecule has 0 radical (unpaired) electrons. The highest BCUT2D eigenvalue weighted by Gasteiger charge is 2.13. The highest BCUT2D eigenvalue weighted by atomic mass is 35.5. The zero-order valence-electron chi connectivity index (χ0n) is 13.0. The zero-order chi connectivity index (χ0) is 18.2. The van der Waals surface area contributed by atoms with Gasteiger partial charge in [-0.15, -0.1) is 0 Å². The maximum absolute atomic E-state index is 12.0. The second-order valence-electron chi connectivity index (χ2n) is 5.02. The van der Waals surface area contributed by atoms with Gasteiger partial charge in [-0.25, -0.2) is 0 Å². The topological polar surface area (TPSA) is 102 Å². The van der Waals surface area contributed by atoms with Crippen molar-refractivity contribution in [2.45, 2.75) is 6.42 Å². The van der Waals surface area contributed by atoms with Gasteiger partial charge >= 0.3 is 0 Å². The first kappa shape index (κ1) is 18.0. The van der Waals surface area contributed by atoms with E-state index in [1.807, 2.05) is 6.07 Å². The predicted octanol–water partition coefficient (Wildman–Crippen LogP) is 2.75. The van der Waals surface area contributed by atoms with E-state index in [0.717, 1.165) is 11.8 Å². The Morgan fingerprint density at radius 1 is 1.20 bits per heavy atom. The lowest BCUT2D eigenvalue weighted by atomic mass is 10.1. The van der Waals surface area contributed by atoms with Crippen LogP contribution in [0.15, 0.2) is 60.3 Å². The minimum atomic E-state index is -0.836. The Bertz CT molecular complexity index is 858. The smallest absolute Gasteiger partial charge is 0.270 e. The molecule has 0 aromatic heterocycles. The lowest BCUT2D eigenvalue weighted by Crippen LogP contribution is -2.32. The normalized spacial score (nSPS) is 10.6. The second-order valence-corrected chi connectivity index (χ2v) is 5.45. The van der Waals surface area contributed by atoms with Crippen LogP contribution < -0.4 is 10.6 Å². The number of carbonyl (C=O) groups excluding carboxylic acids is 2. The van der Waals surface area contributed by atoms with Crippen molar-refractivity contribution in [3.05, 3.63) is 70.9 Å². The summed E-state index contributed by atoms with van der Waals surface area (Å²) in [6.07, 6.45) is 1.12. The number of benzene rings is 2. The maximum atomic E-state index is 12.0. The van der Waals surface area contributed by atoms with E-state index in [0.29, 0.717) is 5.02 Å². The van der Waals surface area contributed by atoms with Crippen molar-refractivity contribution >= 4 is 29.1 Å². The van der Waals surface area contributed by atoms with E-state index < -0.39 is 11.8 Å². The molecule has 0 bridgehead atoms. The lowest BCUT2D eigenvalue weighted by Gasteiger charge is -2.06. The molecule has 0 saturated carbocycles. The number of hydrogen-bond acceptors (Lipinski definition) is 5. The quantitative estimate of drug-likeness (QED) is 0.435. The first-order valence-corrected chi connectivity index (χ1v) is 7.61. The Morgan fingerprint density at radius 2 is 1.92 bits per heavy atom. The van der Waals surface area contributed by atoms with Gasteiger partial charge in [0.15, 0.2) is 0 Å². The number of aromatic hydroxyl groups is 1. The molecule has 6 nitrogen and oxygen atoms in total. The van der Waals surface area contributed by atoms with Gasteiger partial charge in [0, 0.05) is 11.2 Å². The molecule has 0 aliphatic rings. The van der Waals surface area contributed by atoms with E-state index in [4.69, 9.17) is 16.9 Å². The molecule has 126 valence electrons. The van der Waals surface area contributed by atoms with Crippen molar-refractivity contribution in [3.8, 4) is 11.8 Å². The number of nitrogens with zero attached hydrogens (tertiary/aromatic N) is 1. The van der Waals surface area contributed by atoms with Crippen LogP contribution in [0.4, 0.5) is 5.69 Å². The fourth-order valence-corrected chi connectivity index (χ4v) is 2.11. The summed E-state index contributed by atoms with van der Waals surface area (Å²) >= 11 is 5.81. The van der Waals surface area contributed by atoms with Crippen molar-refractivity contribution < 1.29 is 14.7 Å². The summed E-state index contributed by atoms with van der Waals surface area (Å²) in [6.45, 7) is 0. The Labute approximate surface area is 149 Å². The minimum absolute atomic E-state index is 0.0216. The molecule has 7 heteroatoms. The monoisotopic (exact) mass is 355 g/mol. The molecule has 0 spiro atoms. The van der Waals surface area contributed by atoms with Gasteiger partial charge in [0.2, 0.25) is 5.91 Å². The molecule has 2 aromatic carbocycles. The molecule has 2 aromatic rings. The molecule has 0 fully saturated rings. The molecular formula is C18H14ClN3O3. The first-order chi connectivity index (χ1) is 12.0. The van der Waals surface area contributed by atoms with Crippen molar-refractivity contribution in [2.75, 3.05) is 5.32 Å². The maximum Gasteiger partial charge on any atom is 0.270 e. The van der Waals surface area contributed by atoms with Crippen molar-refractivity contribution in [3.63, 3.8) is 0 Å². The van der Waals surface area contributed by atoms with Crippen LogP contribution in [0.5, 0.6) is 5.75 Å². The standard InChI is InChI=1S/C18H14ClN3O3/c19-14-6-7-16(23)15(9-14)21-11-13(10-20)18(25)22-17(24)8-12-4-2-1-3-5-12/h1-7,9,11,21,23H,8H2,(H,22,24,25)/b13-11+.